The SMILES string of the molecule is CN(C)CCN1C(=O)CC[C@@H]2[C@@H]1CCN2Cc1ccccn1. The number of hydrogen-bond acceptors (Lipinski definition) is 4. The van der Waals surface area contributed by atoms with E-state index in [0.717, 1.165) is 44.7 Å². The molecule has 0 radical (unpaired) electrons. The molecule has 0 aliphatic carbocycles. The highest BCUT2D eigenvalue weighted by Gasteiger charge is 2.42. The van der Waals surface area contributed by atoms with Crippen LogP contribution in [-0.4, -0.2) is 71.4 Å². The number of carbonyl (C=O) groups excluding carboxylic acids is 1. The minimum Gasteiger partial charge on any atom is -0.337 e. The average Bonchev–Trinajstić information content (AvgIpc) is 2.90. The summed E-state index contributed by atoms with van der Waals surface area (Å²) in [5, 5.41) is 0. The maximum atomic E-state index is 12.3. The zero-order valence-corrected chi connectivity index (χ0v) is 13.6. The van der Waals surface area contributed by atoms with Gasteiger partial charge in [-0.05, 0) is 39.1 Å². The molecule has 3 rings (SSSR count). The van der Waals surface area contributed by atoms with Crippen LogP contribution in [0.5, 0.6) is 0 Å². The van der Waals surface area contributed by atoms with E-state index in [2.05, 4.69) is 39.8 Å². The molecule has 2 aliphatic heterocycles. The Balaban J connectivity index is 1.66. The Morgan fingerprint density at radius 2 is 2.14 bits per heavy atom. The lowest BCUT2D eigenvalue weighted by Crippen LogP contribution is -2.53. The van der Waals surface area contributed by atoms with Crippen LogP contribution < -0.4 is 0 Å². The Hall–Kier alpha value is -1.46. The Kier molecular flexibility index (Phi) is 4.74. The lowest BCUT2D eigenvalue weighted by molar-refractivity contribution is -0.137. The summed E-state index contributed by atoms with van der Waals surface area (Å²) >= 11 is 0. The minimum absolute atomic E-state index is 0.336. The molecule has 0 bridgehead atoms. The van der Waals surface area contributed by atoms with Crippen molar-refractivity contribution >= 4 is 5.91 Å². The smallest absolute Gasteiger partial charge is 0.222 e. The third kappa shape index (κ3) is 3.31. The fourth-order valence-electron chi connectivity index (χ4n) is 3.73. The standard InChI is InChI=1S/C17H26N4O/c1-19(2)11-12-21-16-8-10-20(15(16)6-7-17(21)22)13-14-5-3-4-9-18-14/h3-5,9,15-16H,6-8,10-13H2,1-2H3/t15-,16+/m1/s1. The van der Waals surface area contributed by atoms with Gasteiger partial charge in [-0.15, -0.1) is 0 Å². The van der Waals surface area contributed by atoms with Gasteiger partial charge >= 0.3 is 0 Å². The van der Waals surface area contributed by atoms with E-state index in [4.69, 9.17) is 0 Å². The molecule has 0 spiro atoms. The fourth-order valence-corrected chi connectivity index (χ4v) is 3.73. The van der Waals surface area contributed by atoms with E-state index in [-0.39, 0.29) is 0 Å². The predicted octanol–water partition coefficient (Wildman–Crippen LogP) is 1.21. The van der Waals surface area contributed by atoms with Crippen molar-refractivity contribution in [3.63, 3.8) is 0 Å². The average molecular weight is 302 g/mol. The van der Waals surface area contributed by atoms with E-state index in [1.807, 2.05) is 18.3 Å². The first-order valence-corrected chi connectivity index (χ1v) is 8.23. The van der Waals surface area contributed by atoms with Crippen molar-refractivity contribution in [1.82, 2.24) is 19.7 Å². The number of hydrogen-bond donors (Lipinski definition) is 0. The summed E-state index contributed by atoms with van der Waals surface area (Å²) < 4.78 is 0. The van der Waals surface area contributed by atoms with Gasteiger partial charge in [0.1, 0.15) is 0 Å². The topological polar surface area (TPSA) is 39.7 Å². The molecule has 120 valence electrons. The molecule has 2 saturated heterocycles. The largest absolute Gasteiger partial charge is 0.337 e. The van der Waals surface area contributed by atoms with Gasteiger partial charge in [0, 0.05) is 50.9 Å². The summed E-state index contributed by atoms with van der Waals surface area (Å²) in [5.74, 6) is 0.336. The Morgan fingerprint density at radius 3 is 2.86 bits per heavy atom. The maximum absolute atomic E-state index is 12.3. The highest BCUT2D eigenvalue weighted by atomic mass is 16.2. The van der Waals surface area contributed by atoms with Crippen molar-refractivity contribution in [2.24, 2.45) is 0 Å². The van der Waals surface area contributed by atoms with Gasteiger partial charge in [-0.2, -0.15) is 0 Å². The van der Waals surface area contributed by atoms with E-state index < -0.39 is 0 Å². The molecule has 2 fully saturated rings. The minimum atomic E-state index is 0.336. The second-order valence-corrected chi connectivity index (χ2v) is 6.64. The van der Waals surface area contributed by atoms with Gasteiger partial charge in [0.25, 0.3) is 0 Å². The van der Waals surface area contributed by atoms with Gasteiger partial charge in [-0.25, -0.2) is 0 Å². The van der Waals surface area contributed by atoms with Gasteiger partial charge < -0.3 is 9.80 Å². The molecule has 5 heteroatoms. The first kappa shape index (κ1) is 15.4. The highest BCUT2D eigenvalue weighted by Crippen LogP contribution is 2.32. The molecule has 1 aromatic heterocycles. The molecular formula is C17H26N4O. The van der Waals surface area contributed by atoms with Crippen LogP contribution in [0.2, 0.25) is 0 Å². The van der Waals surface area contributed by atoms with Crippen LogP contribution in [0, 0.1) is 0 Å². The van der Waals surface area contributed by atoms with E-state index in [1.54, 1.807) is 0 Å². The van der Waals surface area contributed by atoms with Crippen LogP contribution in [0.3, 0.4) is 0 Å². The lowest BCUT2D eigenvalue weighted by Gasteiger charge is -2.40. The molecule has 0 unspecified atom stereocenters. The molecule has 5 nitrogen and oxygen atoms in total. The van der Waals surface area contributed by atoms with Crippen molar-refractivity contribution in [2.45, 2.75) is 37.9 Å². The van der Waals surface area contributed by atoms with Gasteiger partial charge in [-0.3, -0.25) is 14.7 Å². The van der Waals surface area contributed by atoms with Crippen LogP contribution in [0.15, 0.2) is 24.4 Å². The van der Waals surface area contributed by atoms with Crippen molar-refractivity contribution in [1.29, 1.82) is 0 Å². The molecule has 0 aromatic carbocycles. The molecule has 1 amide bonds. The molecule has 2 aliphatic rings. The fraction of sp³-hybridized carbons (Fsp3) is 0.647. The zero-order valence-electron chi connectivity index (χ0n) is 13.6. The van der Waals surface area contributed by atoms with Crippen molar-refractivity contribution in [3.8, 4) is 0 Å². The summed E-state index contributed by atoms with van der Waals surface area (Å²) in [6, 6.07) is 6.99. The molecule has 3 heterocycles. The van der Waals surface area contributed by atoms with Crippen LogP contribution in [0.4, 0.5) is 0 Å². The molecule has 1 aromatic rings. The van der Waals surface area contributed by atoms with Gasteiger partial charge in [0.2, 0.25) is 5.91 Å². The van der Waals surface area contributed by atoms with E-state index in [1.165, 1.54) is 0 Å². The number of pyridine rings is 1. The number of likely N-dealkylation sites (tertiary alicyclic amines) is 2. The summed E-state index contributed by atoms with van der Waals surface area (Å²) in [4.78, 5) is 23.5. The lowest BCUT2D eigenvalue weighted by atomic mass is 9.96. The van der Waals surface area contributed by atoms with Gasteiger partial charge in [0.15, 0.2) is 0 Å². The number of carbonyl (C=O) groups is 1. The van der Waals surface area contributed by atoms with E-state index in [9.17, 15) is 4.79 Å². The molecule has 0 N–H and O–H groups in total. The zero-order chi connectivity index (χ0) is 15.5. The second kappa shape index (κ2) is 6.75. The monoisotopic (exact) mass is 302 g/mol. The number of aromatic nitrogens is 1. The first-order valence-electron chi connectivity index (χ1n) is 8.23. The number of amides is 1. The summed E-state index contributed by atoms with van der Waals surface area (Å²) in [6.07, 6.45) is 4.63. The van der Waals surface area contributed by atoms with Crippen molar-refractivity contribution in [3.05, 3.63) is 30.1 Å². The Labute approximate surface area is 132 Å². The van der Waals surface area contributed by atoms with Crippen molar-refractivity contribution < 1.29 is 4.79 Å². The first-order chi connectivity index (χ1) is 10.6. The second-order valence-electron chi connectivity index (χ2n) is 6.64. The van der Waals surface area contributed by atoms with Crippen LogP contribution >= 0.6 is 0 Å². The van der Waals surface area contributed by atoms with Crippen molar-refractivity contribution in [2.75, 3.05) is 33.7 Å². The Bertz CT molecular complexity index is 505. The highest BCUT2D eigenvalue weighted by molar-refractivity contribution is 5.77. The maximum Gasteiger partial charge on any atom is 0.222 e. The molecule has 0 saturated carbocycles. The van der Waals surface area contributed by atoms with E-state index >= 15 is 0 Å². The van der Waals surface area contributed by atoms with E-state index in [0.29, 0.717) is 24.4 Å². The van der Waals surface area contributed by atoms with Crippen LogP contribution in [0.1, 0.15) is 25.0 Å². The molecule has 22 heavy (non-hydrogen) atoms. The number of nitrogens with zero attached hydrogens (tertiary/aromatic N) is 4. The predicted molar refractivity (Wildman–Crippen MR) is 86.3 cm³/mol. The number of piperidine rings is 1. The Morgan fingerprint density at radius 1 is 1.27 bits per heavy atom. The van der Waals surface area contributed by atoms with Crippen LogP contribution in [0.25, 0.3) is 0 Å². The number of likely N-dealkylation sites (N-methyl/N-ethyl adjacent to an activating group) is 1. The third-order valence-electron chi connectivity index (χ3n) is 4.88. The van der Waals surface area contributed by atoms with Crippen LogP contribution in [-0.2, 0) is 11.3 Å². The summed E-state index contributed by atoms with van der Waals surface area (Å²) in [6.45, 7) is 3.76. The summed E-state index contributed by atoms with van der Waals surface area (Å²) in [7, 11) is 4.13. The molecule has 2 atom stereocenters. The summed E-state index contributed by atoms with van der Waals surface area (Å²) in [5.41, 5.74) is 1.12. The quantitative estimate of drug-likeness (QED) is 0.820. The number of fused-ring (bicyclic) bond motifs is 1. The number of rotatable bonds is 5. The van der Waals surface area contributed by atoms with Gasteiger partial charge in [-0.1, -0.05) is 6.07 Å². The third-order valence-corrected chi connectivity index (χ3v) is 4.88. The van der Waals surface area contributed by atoms with Gasteiger partial charge in [0.05, 0.1) is 5.69 Å². The normalized spacial score (nSPS) is 25.8. The molecular weight excluding hydrogens is 276 g/mol.